The van der Waals surface area contributed by atoms with Gasteiger partial charge < -0.3 is 20.0 Å². The molecule has 1 saturated heterocycles. The molecule has 1 aliphatic heterocycles. The fraction of sp³-hybridized carbons (Fsp3) is 0.381. The minimum Gasteiger partial charge on any atom is -0.378 e. The van der Waals surface area contributed by atoms with Gasteiger partial charge in [-0.1, -0.05) is 23.7 Å². The van der Waals surface area contributed by atoms with Crippen molar-refractivity contribution < 1.29 is 4.79 Å². The maximum absolute atomic E-state index is 12.4. The van der Waals surface area contributed by atoms with Gasteiger partial charge in [0.25, 0.3) is 0 Å². The summed E-state index contributed by atoms with van der Waals surface area (Å²) in [5, 5.41) is 3.74. The van der Waals surface area contributed by atoms with E-state index in [-0.39, 0.29) is 6.03 Å². The average Bonchev–Trinajstić information content (AvgIpc) is 2.68. The van der Waals surface area contributed by atoms with Crippen molar-refractivity contribution in [3.8, 4) is 0 Å². The number of carbonyl (C=O) groups is 1. The molecule has 5 nitrogen and oxygen atoms in total. The van der Waals surface area contributed by atoms with Crippen molar-refractivity contribution in [3.05, 3.63) is 59.1 Å². The van der Waals surface area contributed by atoms with E-state index in [1.807, 2.05) is 43.3 Å². The van der Waals surface area contributed by atoms with Crippen molar-refractivity contribution >= 4 is 29.0 Å². The first-order chi connectivity index (χ1) is 13.0. The number of nitrogens with zero attached hydrogens (tertiary/aromatic N) is 3. The van der Waals surface area contributed by atoms with Gasteiger partial charge in [-0.25, -0.2) is 4.79 Å². The van der Waals surface area contributed by atoms with Crippen molar-refractivity contribution in [1.82, 2.24) is 10.2 Å². The van der Waals surface area contributed by atoms with Crippen molar-refractivity contribution in [2.75, 3.05) is 56.6 Å². The van der Waals surface area contributed by atoms with Gasteiger partial charge in [-0.05, 0) is 48.4 Å². The SMILES string of the molecule is CN(C)c1ccc(N2CCN(C(=O)NCCc3cccc(Cl)c3)CC2)cc1. The maximum atomic E-state index is 12.4. The molecular formula is C21H27ClN4O. The molecule has 27 heavy (non-hydrogen) atoms. The largest absolute Gasteiger partial charge is 0.378 e. The van der Waals surface area contributed by atoms with Crippen LogP contribution in [0.1, 0.15) is 5.56 Å². The lowest BCUT2D eigenvalue weighted by Gasteiger charge is -2.36. The van der Waals surface area contributed by atoms with E-state index in [9.17, 15) is 4.79 Å². The third kappa shape index (κ3) is 5.30. The molecule has 2 aromatic carbocycles. The molecule has 0 aliphatic carbocycles. The summed E-state index contributed by atoms with van der Waals surface area (Å²) in [6.07, 6.45) is 0.782. The Hall–Kier alpha value is -2.40. The van der Waals surface area contributed by atoms with Gasteiger partial charge in [0.2, 0.25) is 0 Å². The molecule has 2 amide bonds. The number of piperazine rings is 1. The third-order valence-electron chi connectivity index (χ3n) is 4.88. The number of benzene rings is 2. The first kappa shape index (κ1) is 19.4. The van der Waals surface area contributed by atoms with Crippen LogP contribution in [0.2, 0.25) is 5.02 Å². The summed E-state index contributed by atoms with van der Waals surface area (Å²) < 4.78 is 0. The van der Waals surface area contributed by atoms with Gasteiger partial charge in [-0.3, -0.25) is 0 Å². The lowest BCUT2D eigenvalue weighted by atomic mass is 10.1. The van der Waals surface area contributed by atoms with Crippen LogP contribution in [0.25, 0.3) is 0 Å². The molecule has 0 radical (unpaired) electrons. The number of anilines is 2. The predicted octanol–water partition coefficient (Wildman–Crippen LogP) is 3.48. The van der Waals surface area contributed by atoms with E-state index in [1.54, 1.807) is 0 Å². The summed E-state index contributed by atoms with van der Waals surface area (Å²) in [5.41, 5.74) is 3.53. The van der Waals surface area contributed by atoms with Crippen LogP contribution in [0.4, 0.5) is 16.2 Å². The number of carbonyl (C=O) groups excluding carboxylic acids is 1. The lowest BCUT2D eigenvalue weighted by molar-refractivity contribution is 0.194. The van der Waals surface area contributed by atoms with Gasteiger partial charge in [0, 0.05) is 63.2 Å². The quantitative estimate of drug-likeness (QED) is 0.855. The number of nitrogens with one attached hydrogen (secondary N) is 1. The molecule has 0 saturated carbocycles. The van der Waals surface area contributed by atoms with E-state index in [4.69, 9.17) is 11.6 Å². The summed E-state index contributed by atoms with van der Waals surface area (Å²) in [6, 6.07) is 16.3. The highest BCUT2D eigenvalue weighted by Gasteiger charge is 2.21. The van der Waals surface area contributed by atoms with Gasteiger partial charge in [0.15, 0.2) is 0 Å². The second-order valence-corrected chi connectivity index (χ2v) is 7.43. The van der Waals surface area contributed by atoms with Crippen LogP contribution in [0.5, 0.6) is 0 Å². The van der Waals surface area contributed by atoms with Gasteiger partial charge >= 0.3 is 6.03 Å². The fourth-order valence-corrected chi connectivity index (χ4v) is 3.46. The summed E-state index contributed by atoms with van der Waals surface area (Å²) in [4.78, 5) is 18.7. The topological polar surface area (TPSA) is 38.8 Å². The number of amides is 2. The van der Waals surface area contributed by atoms with Crippen LogP contribution < -0.4 is 15.1 Å². The Morgan fingerprint density at radius 1 is 1.07 bits per heavy atom. The minimum atomic E-state index is 0.0135. The summed E-state index contributed by atoms with van der Waals surface area (Å²) in [5.74, 6) is 0. The van der Waals surface area contributed by atoms with Crippen LogP contribution in [0, 0.1) is 0 Å². The average molecular weight is 387 g/mol. The second kappa shape index (κ2) is 9.00. The third-order valence-corrected chi connectivity index (χ3v) is 5.11. The molecule has 6 heteroatoms. The van der Waals surface area contributed by atoms with Crippen LogP contribution in [-0.2, 0) is 6.42 Å². The van der Waals surface area contributed by atoms with Crippen LogP contribution in [-0.4, -0.2) is 57.8 Å². The Morgan fingerprint density at radius 2 is 1.78 bits per heavy atom. The van der Waals surface area contributed by atoms with Crippen molar-refractivity contribution in [1.29, 1.82) is 0 Å². The molecule has 0 aromatic heterocycles. The molecule has 0 bridgehead atoms. The zero-order chi connectivity index (χ0) is 19.2. The summed E-state index contributed by atoms with van der Waals surface area (Å²) in [7, 11) is 4.08. The maximum Gasteiger partial charge on any atom is 0.317 e. The second-order valence-electron chi connectivity index (χ2n) is 7.00. The number of urea groups is 1. The zero-order valence-electron chi connectivity index (χ0n) is 16.0. The Bertz CT molecular complexity index is 755. The molecular weight excluding hydrogens is 360 g/mol. The van der Waals surface area contributed by atoms with Crippen LogP contribution in [0.15, 0.2) is 48.5 Å². The zero-order valence-corrected chi connectivity index (χ0v) is 16.7. The van der Waals surface area contributed by atoms with E-state index in [0.717, 1.165) is 43.2 Å². The molecule has 2 aromatic rings. The predicted molar refractivity (Wildman–Crippen MR) is 113 cm³/mol. The van der Waals surface area contributed by atoms with E-state index in [0.29, 0.717) is 6.54 Å². The van der Waals surface area contributed by atoms with Gasteiger partial charge in [0.05, 0.1) is 0 Å². The highest BCUT2D eigenvalue weighted by atomic mass is 35.5. The Balaban J connectivity index is 1.43. The number of hydrogen-bond acceptors (Lipinski definition) is 3. The molecule has 1 N–H and O–H groups in total. The number of hydrogen-bond donors (Lipinski definition) is 1. The molecule has 0 atom stereocenters. The van der Waals surface area contributed by atoms with Crippen LogP contribution in [0.3, 0.4) is 0 Å². The van der Waals surface area contributed by atoms with Crippen molar-refractivity contribution in [3.63, 3.8) is 0 Å². The smallest absolute Gasteiger partial charge is 0.317 e. The number of halogens is 1. The molecule has 0 unspecified atom stereocenters. The van der Waals surface area contributed by atoms with Crippen LogP contribution >= 0.6 is 11.6 Å². The Morgan fingerprint density at radius 3 is 2.41 bits per heavy atom. The molecule has 144 valence electrons. The summed E-state index contributed by atoms with van der Waals surface area (Å²) in [6.45, 7) is 3.79. The standard InChI is InChI=1S/C21H27ClN4O/c1-24(2)19-6-8-20(9-7-19)25-12-14-26(15-13-25)21(27)23-11-10-17-4-3-5-18(22)16-17/h3-9,16H,10-15H2,1-2H3,(H,23,27). The van der Waals surface area contributed by atoms with E-state index >= 15 is 0 Å². The monoisotopic (exact) mass is 386 g/mol. The molecule has 1 heterocycles. The molecule has 3 rings (SSSR count). The molecule has 1 aliphatic rings. The highest BCUT2D eigenvalue weighted by Crippen LogP contribution is 2.20. The minimum absolute atomic E-state index is 0.0135. The lowest BCUT2D eigenvalue weighted by Crippen LogP contribution is -2.52. The molecule has 0 spiro atoms. The summed E-state index contributed by atoms with van der Waals surface area (Å²) >= 11 is 5.99. The van der Waals surface area contributed by atoms with E-state index in [2.05, 4.69) is 39.4 Å². The number of rotatable bonds is 5. The first-order valence-electron chi connectivity index (χ1n) is 9.32. The van der Waals surface area contributed by atoms with Crippen molar-refractivity contribution in [2.45, 2.75) is 6.42 Å². The first-order valence-corrected chi connectivity index (χ1v) is 9.70. The fourth-order valence-electron chi connectivity index (χ4n) is 3.25. The van der Waals surface area contributed by atoms with E-state index in [1.165, 1.54) is 11.4 Å². The highest BCUT2D eigenvalue weighted by molar-refractivity contribution is 6.30. The Kier molecular flexibility index (Phi) is 6.45. The van der Waals surface area contributed by atoms with Gasteiger partial charge in [-0.2, -0.15) is 0 Å². The normalized spacial score (nSPS) is 14.2. The van der Waals surface area contributed by atoms with Gasteiger partial charge in [0.1, 0.15) is 0 Å². The van der Waals surface area contributed by atoms with Crippen molar-refractivity contribution in [2.24, 2.45) is 0 Å². The van der Waals surface area contributed by atoms with Gasteiger partial charge in [-0.15, -0.1) is 0 Å². The van der Waals surface area contributed by atoms with E-state index < -0.39 is 0 Å². The Labute approximate surface area is 166 Å². The molecule has 1 fully saturated rings.